The van der Waals surface area contributed by atoms with E-state index in [0.717, 1.165) is 37.1 Å². The van der Waals surface area contributed by atoms with Gasteiger partial charge >= 0.3 is 0 Å². The molecule has 3 heterocycles. The Balaban J connectivity index is 1.73. The molecule has 1 aliphatic heterocycles. The summed E-state index contributed by atoms with van der Waals surface area (Å²) in [7, 11) is -4.48. The van der Waals surface area contributed by atoms with Crippen LogP contribution >= 0.6 is 11.3 Å². The molecule has 2 aromatic rings. The predicted octanol–water partition coefficient (Wildman–Crippen LogP) is 2.76. The Morgan fingerprint density at radius 1 is 1.16 bits per heavy atom. The van der Waals surface area contributed by atoms with Crippen molar-refractivity contribution in [3.63, 3.8) is 0 Å². The zero-order valence-electron chi connectivity index (χ0n) is 21.8. The third-order valence-corrected chi connectivity index (χ3v) is 9.96. The average molecular weight is 562 g/mol. The number of nitrogens with zero attached hydrogens (tertiary/aromatic N) is 3. The van der Waals surface area contributed by atoms with Crippen LogP contribution in [0.3, 0.4) is 0 Å². The van der Waals surface area contributed by atoms with E-state index in [2.05, 4.69) is 20.6 Å². The van der Waals surface area contributed by atoms with E-state index in [1.807, 2.05) is 0 Å². The second-order valence-electron chi connectivity index (χ2n) is 10.0. The summed E-state index contributed by atoms with van der Waals surface area (Å²) in [4.78, 5) is 49.4. The first-order valence-electron chi connectivity index (χ1n) is 13.2. The molecule has 2 atom stereocenters. The SMILES string of the molecule is Cc1nc(C)c(C(=O)N[C@@H](CC2CCCCC2)C(=O)N([C@H]2CCCNCC2=O)S(=O)(=O)c2ccccn2)s1. The zero-order chi connectivity index (χ0) is 27.3. The molecule has 0 bridgehead atoms. The minimum absolute atomic E-state index is 0.0365. The highest BCUT2D eigenvalue weighted by atomic mass is 32.2. The number of carbonyl (C=O) groups is 3. The van der Waals surface area contributed by atoms with Crippen molar-refractivity contribution in [1.82, 2.24) is 24.9 Å². The summed E-state index contributed by atoms with van der Waals surface area (Å²) < 4.78 is 28.5. The second-order valence-corrected chi connectivity index (χ2v) is 13.0. The van der Waals surface area contributed by atoms with E-state index in [4.69, 9.17) is 0 Å². The number of nitrogens with one attached hydrogen (secondary N) is 2. The first-order chi connectivity index (χ1) is 18.2. The van der Waals surface area contributed by atoms with Gasteiger partial charge in [-0.1, -0.05) is 38.2 Å². The lowest BCUT2D eigenvalue weighted by Gasteiger charge is -2.34. The number of aryl methyl sites for hydroxylation is 2. The third kappa shape index (κ3) is 6.47. The van der Waals surface area contributed by atoms with E-state index in [1.165, 1.54) is 29.7 Å². The molecule has 2 N–H and O–H groups in total. The van der Waals surface area contributed by atoms with Crippen LogP contribution in [0.5, 0.6) is 0 Å². The number of rotatable bonds is 8. The average Bonchev–Trinajstić information content (AvgIpc) is 3.11. The predicted molar refractivity (Wildman–Crippen MR) is 143 cm³/mol. The number of ketones is 1. The molecule has 4 rings (SSSR count). The van der Waals surface area contributed by atoms with Gasteiger partial charge in [0.25, 0.3) is 21.8 Å². The van der Waals surface area contributed by atoms with Crippen molar-refractivity contribution in [3.8, 4) is 0 Å². The molecular weight excluding hydrogens is 526 g/mol. The van der Waals surface area contributed by atoms with Gasteiger partial charge in [0.2, 0.25) is 0 Å². The molecule has 0 spiro atoms. The van der Waals surface area contributed by atoms with Gasteiger partial charge < -0.3 is 10.6 Å². The molecule has 2 aromatic heterocycles. The number of pyridine rings is 1. The minimum Gasteiger partial charge on any atom is -0.339 e. The van der Waals surface area contributed by atoms with Crippen LogP contribution in [-0.4, -0.2) is 65.5 Å². The van der Waals surface area contributed by atoms with E-state index in [9.17, 15) is 22.8 Å². The maximum absolute atomic E-state index is 14.3. The zero-order valence-corrected chi connectivity index (χ0v) is 23.4. The topological polar surface area (TPSA) is 138 Å². The lowest BCUT2D eigenvalue weighted by molar-refractivity contribution is -0.135. The number of sulfonamides is 1. The Bertz CT molecular complexity index is 1260. The molecule has 206 valence electrons. The molecule has 2 amide bonds. The third-order valence-electron chi connectivity index (χ3n) is 7.17. The van der Waals surface area contributed by atoms with Crippen molar-refractivity contribution >= 4 is 39.0 Å². The van der Waals surface area contributed by atoms with Crippen LogP contribution in [0, 0.1) is 19.8 Å². The maximum atomic E-state index is 14.3. The maximum Gasteiger partial charge on any atom is 0.284 e. The summed E-state index contributed by atoms with van der Waals surface area (Å²) in [5, 5.41) is 6.24. The highest BCUT2D eigenvalue weighted by Crippen LogP contribution is 2.30. The van der Waals surface area contributed by atoms with Gasteiger partial charge in [-0.05, 0) is 57.7 Å². The van der Waals surface area contributed by atoms with E-state index in [0.29, 0.717) is 34.3 Å². The first kappa shape index (κ1) is 28.3. The fourth-order valence-corrected chi connectivity index (χ4v) is 7.69. The largest absolute Gasteiger partial charge is 0.339 e. The highest BCUT2D eigenvalue weighted by Gasteiger charge is 2.44. The second kappa shape index (κ2) is 12.4. The van der Waals surface area contributed by atoms with Crippen molar-refractivity contribution in [1.29, 1.82) is 0 Å². The van der Waals surface area contributed by atoms with Crippen molar-refractivity contribution in [2.45, 2.75) is 82.3 Å². The van der Waals surface area contributed by atoms with E-state index < -0.39 is 33.9 Å². The van der Waals surface area contributed by atoms with Crippen LogP contribution in [0.15, 0.2) is 29.4 Å². The normalized spacial score (nSPS) is 19.9. The number of Topliss-reactive ketones (excluding diaryl/α,β-unsaturated/α-hetero) is 1. The molecule has 1 aliphatic carbocycles. The van der Waals surface area contributed by atoms with Gasteiger partial charge in [0.15, 0.2) is 10.8 Å². The van der Waals surface area contributed by atoms with Crippen LogP contribution in [0.1, 0.15) is 71.7 Å². The number of aromatic nitrogens is 2. The highest BCUT2D eigenvalue weighted by molar-refractivity contribution is 7.89. The Morgan fingerprint density at radius 2 is 1.92 bits per heavy atom. The minimum atomic E-state index is -4.48. The number of hydrogen-bond acceptors (Lipinski definition) is 9. The molecule has 2 fully saturated rings. The Labute approximate surface area is 227 Å². The van der Waals surface area contributed by atoms with E-state index >= 15 is 0 Å². The standard InChI is InChI=1S/C26H35N5O5S2/c1-17-24(37-18(2)29-17)25(33)30-20(15-19-9-4-3-5-10-19)26(34)31(21-11-8-13-27-16-22(21)32)38(35,36)23-12-6-7-14-28-23/h6-7,12,14,19-21,27H,3-5,8-11,13,15-16H2,1-2H3,(H,30,33)/t20-,21-/m0/s1. The van der Waals surface area contributed by atoms with Crippen molar-refractivity contribution < 1.29 is 22.8 Å². The molecule has 38 heavy (non-hydrogen) atoms. The Morgan fingerprint density at radius 3 is 2.58 bits per heavy atom. The summed E-state index contributed by atoms with van der Waals surface area (Å²) in [6, 6.07) is 2.12. The fraction of sp³-hybridized carbons (Fsp3) is 0.577. The molecule has 2 aliphatic rings. The number of carbonyl (C=O) groups excluding carboxylic acids is 3. The van der Waals surface area contributed by atoms with Crippen LogP contribution in [0.2, 0.25) is 0 Å². The monoisotopic (exact) mass is 561 g/mol. The van der Waals surface area contributed by atoms with Crippen molar-refractivity contribution in [2.75, 3.05) is 13.1 Å². The Kier molecular flexibility index (Phi) is 9.27. The lowest BCUT2D eigenvalue weighted by Crippen LogP contribution is -2.57. The quantitative estimate of drug-likeness (QED) is 0.502. The molecule has 0 unspecified atom stereocenters. The van der Waals surface area contributed by atoms with Gasteiger partial charge in [0.05, 0.1) is 17.2 Å². The number of amides is 2. The molecule has 0 radical (unpaired) electrons. The van der Waals surface area contributed by atoms with Crippen LogP contribution < -0.4 is 10.6 Å². The Hall–Kier alpha value is -2.70. The summed E-state index contributed by atoms with van der Waals surface area (Å²) >= 11 is 1.23. The molecular formula is C26H35N5O5S2. The smallest absolute Gasteiger partial charge is 0.284 e. The van der Waals surface area contributed by atoms with Crippen molar-refractivity contribution in [3.05, 3.63) is 40.0 Å². The summed E-state index contributed by atoms with van der Waals surface area (Å²) in [5.41, 5.74) is 0.553. The summed E-state index contributed by atoms with van der Waals surface area (Å²) in [6.07, 6.45) is 7.32. The van der Waals surface area contributed by atoms with Gasteiger partial charge in [0, 0.05) is 6.20 Å². The molecule has 12 heteroatoms. The van der Waals surface area contributed by atoms with Gasteiger partial charge in [-0.3, -0.25) is 14.4 Å². The molecule has 1 saturated heterocycles. The molecule has 10 nitrogen and oxygen atoms in total. The lowest BCUT2D eigenvalue weighted by atomic mass is 9.84. The van der Waals surface area contributed by atoms with Crippen LogP contribution in [0.25, 0.3) is 0 Å². The van der Waals surface area contributed by atoms with Gasteiger partial charge in [-0.2, -0.15) is 8.42 Å². The van der Waals surface area contributed by atoms with Crippen molar-refractivity contribution in [2.24, 2.45) is 5.92 Å². The fourth-order valence-electron chi connectivity index (χ4n) is 5.30. The van der Waals surface area contributed by atoms with Crippen LogP contribution in [0.4, 0.5) is 0 Å². The summed E-state index contributed by atoms with van der Waals surface area (Å²) in [5.74, 6) is -1.49. The number of hydrogen-bond donors (Lipinski definition) is 2. The molecule has 0 aromatic carbocycles. The number of thiazole rings is 1. The van der Waals surface area contributed by atoms with Crippen LogP contribution in [-0.2, 0) is 19.6 Å². The van der Waals surface area contributed by atoms with Gasteiger partial charge in [-0.25, -0.2) is 14.3 Å². The first-order valence-corrected chi connectivity index (χ1v) is 15.4. The van der Waals surface area contributed by atoms with Gasteiger partial charge in [-0.15, -0.1) is 11.3 Å². The van der Waals surface area contributed by atoms with Gasteiger partial charge in [0.1, 0.15) is 17.0 Å². The van der Waals surface area contributed by atoms with E-state index in [-0.39, 0.29) is 29.7 Å². The summed E-state index contributed by atoms with van der Waals surface area (Å²) in [6.45, 7) is 4.03. The van der Waals surface area contributed by atoms with E-state index in [1.54, 1.807) is 19.9 Å². The molecule has 1 saturated carbocycles.